The van der Waals surface area contributed by atoms with Crippen molar-refractivity contribution in [2.75, 3.05) is 13.7 Å². The Morgan fingerprint density at radius 3 is 2.79 bits per heavy atom. The molecule has 3 heteroatoms. The molecule has 1 aliphatic heterocycles. The Morgan fingerprint density at radius 2 is 1.96 bits per heavy atom. The van der Waals surface area contributed by atoms with Crippen molar-refractivity contribution in [2.45, 2.75) is 55.9 Å². The summed E-state index contributed by atoms with van der Waals surface area (Å²) in [5.74, 6) is 1.98. The highest BCUT2D eigenvalue weighted by Gasteiger charge is 2.50. The van der Waals surface area contributed by atoms with Gasteiger partial charge >= 0.3 is 0 Å². The zero-order valence-electron chi connectivity index (χ0n) is 16.6. The molecule has 2 aromatic carbocycles. The number of nitrogens with zero attached hydrogens (tertiary/aromatic N) is 1. The molecular weight excluding hydrogens is 346 g/mol. The minimum Gasteiger partial charge on any atom is -0.497 e. The Morgan fingerprint density at radius 1 is 1.11 bits per heavy atom. The molecule has 0 aromatic heterocycles. The van der Waals surface area contributed by atoms with Crippen LogP contribution in [0.3, 0.4) is 0 Å². The maximum Gasteiger partial charge on any atom is 0.226 e. The topological polar surface area (TPSA) is 29.5 Å². The fourth-order valence-electron chi connectivity index (χ4n) is 5.74. The number of benzene rings is 2. The molecule has 0 radical (unpaired) electrons. The molecule has 28 heavy (non-hydrogen) atoms. The van der Waals surface area contributed by atoms with Gasteiger partial charge in [0.15, 0.2) is 0 Å². The lowest BCUT2D eigenvalue weighted by Crippen LogP contribution is -2.54. The highest BCUT2D eigenvalue weighted by molar-refractivity contribution is 5.83. The van der Waals surface area contributed by atoms with Crippen molar-refractivity contribution in [3.63, 3.8) is 0 Å². The lowest BCUT2D eigenvalue weighted by molar-refractivity contribution is -0.138. The molecule has 4 atom stereocenters. The third-order valence-electron chi connectivity index (χ3n) is 7.39. The van der Waals surface area contributed by atoms with E-state index in [0.29, 0.717) is 17.9 Å². The van der Waals surface area contributed by atoms with Gasteiger partial charge in [-0.3, -0.25) is 4.79 Å². The van der Waals surface area contributed by atoms with E-state index in [-0.39, 0.29) is 11.3 Å². The second-order valence-corrected chi connectivity index (χ2v) is 8.90. The summed E-state index contributed by atoms with van der Waals surface area (Å²) in [5.41, 5.74) is 2.95. The molecule has 3 fully saturated rings. The average Bonchev–Trinajstić information content (AvgIpc) is 3.55. The standard InChI is InChI=1S/C25H29NO2/c1-28-21-11-5-9-19(15-21)25-12-6-10-20(17-25)26(14-13-25)24(27)23-16-22(23)18-7-3-2-4-8-18/h2-5,7-9,11,15,20,22-23H,6,10,12-14,16-17H2,1H3/t20-,22-,23-,25+/m1/s1. The van der Waals surface area contributed by atoms with E-state index in [0.717, 1.165) is 38.0 Å². The zero-order valence-corrected chi connectivity index (χ0v) is 16.6. The van der Waals surface area contributed by atoms with E-state index in [9.17, 15) is 4.79 Å². The zero-order chi connectivity index (χ0) is 19.1. The van der Waals surface area contributed by atoms with Gasteiger partial charge in [0.05, 0.1) is 7.11 Å². The largest absolute Gasteiger partial charge is 0.497 e. The second-order valence-electron chi connectivity index (χ2n) is 8.90. The van der Waals surface area contributed by atoms with Crippen LogP contribution in [-0.2, 0) is 10.2 Å². The molecule has 3 aliphatic rings. The van der Waals surface area contributed by atoms with Crippen LogP contribution in [0.1, 0.15) is 55.6 Å². The number of ether oxygens (including phenoxy) is 1. The molecule has 2 saturated carbocycles. The average molecular weight is 376 g/mol. The molecule has 3 nitrogen and oxygen atoms in total. The first-order valence-electron chi connectivity index (χ1n) is 10.7. The van der Waals surface area contributed by atoms with Gasteiger partial charge in [-0.25, -0.2) is 0 Å². The van der Waals surface area contributed by atoms with Crippen LogP contribution in [0.2, 0.25) is 0 Å². The van der Waals surface area contributed by atoms with E-state index in [1.807, 2.05) is 12.1 Å². The van der Waals surface area contributed by atoms with Crippen LogP contribution < -0.4 is 4.74 Å². The van der Waals surface area contributed by atoms with Crippen LogP contribution >= 0.6 is 0 Å². The van der Waals surface area contributed by atoms with Gasteiger partial charge in [-0.1, -0.05) is 48.9 Å². The highest BCUT2D eigenvalue weighted by Crippen LogP contribution is 2.52. The Labute approximate surface area is 167 Å². The highest BCUT2D eigenvalue weighted by atomic mass is 16.5. The molecule has 0 spiro atoms. The van der Waals surface area contributed by atoms with Gasteiger partial charge in [-0.2, -0.15) is 0 Å². The third kappa shape index (κ3) is 3.01. The van der Waals surface area contributed by atoms with Crippen LogP contribution in [0, 0.1) is 5.92 Å². The normalized spacial score (nSPS) is 31.3. The summed E-state index contributed by atoms with van der Waals surface area (Å²) in [7, 11) is 1.74. The molecule has 1 heterocycles. The van der Waals surface area contributed by atoms with Crippen molar-refractivity contribution >= 4 is 5.91 Å². The first-order valence-corrected chi connectivity index (χ1v) is 10.7. The minimum absolute atomic E-state index is 0.202. The lowest BCUT2D eigenvalue weighted by Gasteiger charge is -2.51. The summed E-state index contributed by atoms with van der Waals surface area (Å²) in [4.78, 5) is 15.5. The van der Waals surface area contributed by atoms with Crippen LogP contribution in [0.4, 0.5) is 0 Å². The van der Waals surface area contributed by atoms with Gasteiger partial charge in [0.25, 0.3) is 0 Å². The Hall–Kier alpha value is -2.29. The first kappa shape index (κ1) is 17.8. The first-order chi connectivity index (χ1) is 13.7. The smallest absolute Gasteiger partial charge is 0.226 e. The molecule has 2 aromatic rings. The van der Waals surface area contributed by atoms with Crippen molar-refractivity contribution in [1.29, 1.82) is 0 Å². The number of rotatable bonds is 4. The van der Waals surface area contributed by atoms with Gasteiger partial charge < -0.3 is 9.64 Å². The number of fused-ring (bicyclic) bond motifs is 2. The second kappa shape index (κ2) is 6.95. The Kier molecular flexibility index (Phi) is 4.41. The Balaban J connectivity index is 1.32. The summed E-state index contributed by atoms with van der Waals surface area (Å²) >= 11 is 0. The Bertz CT molecular complexity index is 864. The molecule has 0 N–H and O–H groups in total. The van der Waals surface area contributed by atoms with E-state index in [1.54, 1.807) is 7.11 Å². The van der Waals surface area contributed by atoms with E-state index in [2.05, 4.69) is 47.4 Å². The molecule has 1 saturated heterocycles. The van der Waals surface area contributed by atoms with Gasteiger partial charge in [0, 0.05) is 18.5 Å². The van der Waals surface area contributed by atoms with E-state index in [1.165, 1.54) is 24.0 Å². The number of piperidine rings is 1. The van der Waals surface area contributed by atoms with Crippen LogP contribution in [0.15, 0.2) is 54.6 Å². The number of amides is 1. The number of hydrogen-bond acceptors (Lipinski definition) is 2. The fourth-order valence-corrected chi connectivity index (χ4v) is 5.74. The molecule has 1 amide bonds. The molecule has 2 aliphatic carbocycles. The van der Waals surface area contributed by atoms with Gasteiger partial charge in [0.1, 0.15) is 5.75 Å². The van der Waals surface area contributed by atoms with Crippen LogP contribution in [0.25, 0.3) is 0 Å². The minimum atomic E-state index is 0.202. The van der Waals surface area contributed by atoms with Gasteiger partial charge in [-0.05, 0) is 66.7 Å². The number of likely N-dealkylation sites (tertiary alicyclic amines) is 1. The van der Waals surface area contributed by atoms with Crippen molar-refractivity contribution in [3.8, 4) is 5.75 Å². The maximum absolute atomic E-state index is 13.3. The maximum atomic E-state index is 13.3. The van der Waals surface area contributed by atoms with Crippen molar-refractivity contribution < 1.29 is 9.53 Å². The SMILES string of the molecule is COc1cccc([C@]23CCC[C@H](C2)N(C(=O)[C@@H]2C[C@@H]2c2ccccc2)CC3)c1. The predicted octanol–water partition coefficient (Wildman–Crippen LogP) is 4.91. The monoisotopic (exact) mass is 375 g/mol. The predicted molar refractivity (Wildman–Crippen MR) is 111 cm³/mol. The summed E-state index contributed by atoms with van der Waals surface area (Å²) in [5, 5.41) is 0. The molecule has 0 unspecified atom stereocenters. The number of carbonyl (C=O) groups is 1. The van der Waals surface area contributed by atoms with E-state index >= 15 is 0 Å². The van der Waals surface area contributed by atoms with Crippen LogP contribution in [0.5, 0.6) is 5.75 Å². The van der Waals surface area contributed by atoms with Crippen molar-refractivity contribution in [3.05, 3.63) is 65.7 Å². The fraction of sp³-hybridized carbons (Fsp3) is 0.480. The third-order valence-corrected chi connectivity index (χ3v) is 7.39. The lowest BCUT2D eigenvalue weighted by atomic mass is 9.63. The number of methoxy groups -OCH3 is 1. The summed E-state index contributed by atoms with van der Waals surface area (Å²) in [6.07, 6.45) is 6.79. The quantitative estimate of drug-likeness (QED) is 0.760. The molecule has 146 valence electrons. The molecular formula is C25H29NO2. The van der Waals surface area contributed by atoms with Gasteiger partial charge in [0.2, 0.25) is 5.91 Å². The summed E-state index contributed by atoms with van der Waals surface area (Å²) < 4.78 is 5.47. The van der Waals surface area contributed by atoms with E-state index in [4.69, 9.17) is 4.74 Å². The summed E-state index contributed by atoms with van der Waals surface area (Å²) in [6.45, 7) is 0.902. The molecule has 2 bridgehead atoms. The van der Waals surface area contributed by atoms with Crippen molar-refractivity contribution in [1.82, 2.24) is 4.90 Å². The van der Waals surface area contributed by atoms with Crippen LogP contribution in [-0.4, -0.2) is 30.5 Å². The van der Waals surface area contributed by atoms with E-state index < -0.39 is 0 Å². The summed E-state index contributed by atoms with van der Waals surface area (Å²) in [6, 6.07) is 19.6. The number of carbonyl (C=O) groups excluding carboxylic acids is 1. The van der Waals surface area contributed by atoms with Crippen molar-refractivity contribution in [2.24, 2.45) is 5.92 Å². The number of hydrogen-bond donors (Lipinski definition) is 0. The molecule has 5 rings (SSSR count). The van der Waals surface area contributed by atoms with Gasteiger partial charge in [-0.15, -0.1) is 0 Å².